The van der Waals surface area contributed by atoms with Gasteiger partial charge in [0.05, 0.1) is 5.60 Å². The normalized spacial score (nSPS) is 23.6. The molecule has 1 atom stereocenters. The Hall–Kier alpha value is -0.930. The average molecular weight is 237 g/mol. The maximum atomic E-state index is 13.0. The molecular formula is C14H20FNO. The van der Waals surface area contributed by atoms with Crippen LogP contribution in [0.25, 0.3) is 0 Å². The smallest absolute Gasteiger partial charge is 0.123 e. The molecule has 1 heterocycles. The molecule has 0 spiro atoms. The van der Waals surface area contributed by atoms with Crippen LogP contribution in [-0.2, 0) is 11.3 Å². The molecule has 1 aromatic rings. The van der Waals surface area contributed by atoms with Crippen molar-refractivity contribution in [3.8, 4) is 0 Å². The van der Waals surface area contributed by atoms with E-state index in [2.05, 4.69) is 19.2 Å². The van der Waals surface area contributed by atoms with E-state index in [0.717, 1.165) is 31.6 Å². The van der Waals surface area contributed by atoms with E-state index >= 15 is 0 Å². The van der Waals surface area contributed by atoms with Gasteiger partial charge < -0.3 is 10.1 Å². The van der Waals surface area contributed by atoms with Crippen LogP contribution in [-0.4, -0.2) is 18.2 Å². The van der Waals surface area contributed by atoms with Crippen molar-refractivity contribution in [2.24, 2.45) is 0 Å². The van der Waals surface area contributed by atoms with Crippen molar-refractivity contribution in [3.63, 3.8) is 0 Å². The van der Waals surface area contributed by atoms with Crippen molar-refractivity contribution in [2.75, 3.05) is 6.61 Å². The molecule has 1 aliphatic heterocycles. The summed E-state index contributed by atoms with van der Waals surface area (Å²) in [4.78, 5) is 0. The number of ether oxygens (including phenoxy) is 1. The van der Waals surface area contributed by atoms with Crippen molar-refractivity contribution in [1.29, 1.82) is 0 Å². The van der Waals surface area contributed by atoms with Gasteiger partial charge in [-0.05, 0) is 44.4 Å². The van der Waals surface area contributed by atoms with Gasteiger partial charge in [-0.25, -0.2) is 4.39 Å². The van der Waals surface area contributed by atoms with Gasteiger partial charge in [0.25, 0.3) is 0 Å². The predicted octanol–water partition coefficient (Wildman–Crippen LogP) is 2.87. The summed E-state index contributed by atoms with van der Waals surface area (Å²) in [7, 11) is 0. The molecule has 3 heteroatoms. The summed E-state index contributed by atoms with van der Waals surface area (Å²) in [6, 6.07) is 7.21. The topological polar surface area (TPSA) is 21.3 Å². The Morgan fingerprint density at radius 1 is 1.47 bits per heavy atom. The lowest BCUT2D eigenvalue weighted by Gasteiger charge is -2.36. The fourth-order valence-electron chi connectivity index (χ4n) is 2.32. The van der Waals surface area contributed by atoms with E-state index in [-0.39, 0.29) is 11.4 Å². The van der Waals surface area contributed by atoms with E-state index in [1.54, 1.807) is 12.1 Å². The van der Waals surface area contributed by atoms with Crippen molar-refractivity contribution in [1.82, 2.24) is 5.32 Å². The van der Waals surface area contributed by atoms with E-state index in [4.69, 9.17) is 4.74 Å². The zero-order valence-electron chi connectivity index (χ0n) is 10.5. The minimum Gasteiger partial charge on any atom is -0.375 e. The first-order valence-electron chi connectivity index (χ1n) is 6.17. The number of halogens is 1. The van der Waals surface area contributed by atoms with Crippen molar-refractivity contribution in [3.05, 3.63) is 35.6 Å². The highest BCUT2D eigenvalue weighted by Crippen LogP contribution is 2.24. The first kappa shape index (κ1) is 12.5. The van der Waals surface area contributed by atoms with Gasteiger partial charge in [-0.1, -0.05) is 12.1 Å². The van der Waals surface area contributed by atoms with Gasteiger partial charge in [-0.2, -0.15) is 0 Å². The Labute approximate surface area is 102 Å². The second-order valence-electron chi connectivity index (χ2n) is 5.31. The Morgan fingerprint density at radius 3 is 3.00 bits per heavy atom. The Kier molecular flexibility index (Phi) is 3.79. The van der Waals surface area contributed by atoms with Crippen LogP contribution >= 0.6 is 0 Å². The second-order valence-corrected chi connectivity index (χ2v) is 5.31. The molecule has 0 saturated carbocycles. The molecule has 1 saturated heterocycles. The van der Waals surface area contributed by atoms with E-state index in [1.165, 1.54) is 6.07 Å². The molecule has 1 aromatic carbocycles. The molecule has 1 unspecified atom stereocenters. The van der Waals surface area contributed by atoms with Gasteiger partial charge >= 0.3 is 0 Å². The Morgan fingerprint density at radius 2 is 2.29 bits per heavy atom. The molecule has 0 aliphatic carbocycles. The molecule has 0 amide bonds. The minimum atomic E-state index is -0.170. The number of benzene rings is 1. The van der Waals surface area contributed by atoms with Crippen LogP contribution in [0.15, 0.2) is 24.3 Å². The van der Waals surface area contributed by atoms with E-state index in [9.17, 15) is 4.39 Å². The van der Waals surface area contributed by atoms with Crippen LogP contribution in [0, 0.1) is 5.82 Å². The molecule has 2 rings (SSSR count). The predicted molar refractivity (Wildman–Crippen MR) is 66.3 cm³/mol. The average Bonchev–Trinajstić information content (AvgIpc) is 2.25. The van der Waals surface area contributed by atoms with Gasteiger partial charge in [-0.3, -0.25) is 0 Å². The third-order valence-electron chi connectivity index (χ3n) is 3.18. The van der Waals surface area contributed by atoms with Crippen molar-refractivity contribution >= 4 is 0 Å². The fraction of sp³-hybridized carbons (Fsp3) is 0.571. The Bertz CT molecular complexity index is 378. The maximum absolute atomic E-state index is 13.0. The monoisotopic (exact) mass is 237 g/mol. The van der Waals surface area contributed by atoms with Gasteiger partial charge in [0.15, 0.2) is 0 Å². The van der Waals surface area contributed by atoms with Gasteiger partial charge in [0, 0.05) is 19.2 Å². The third kappa shape index (κ3) is 3.79. The third-order valence-corrected chi connectivity index (χ3v) is 3.18. The van der Waals surface area contributed by atoms with Crippen molar-refractivity contribution in [2.45, 2.75) is 44.9 Å². The highest BCUT2D eigenvalue weighted by atomic mass is 19.1. The number of hydrogen-bond donors (Lipinski definition) is 1. The highest BCUT2D eigenvalue weighted by molar-refractivity contribution is 5.16. The van der Waals surface area contributed by atoms with Crippen molar-refractivity contribution < 1.29 is 9.13 Å². The Balaban J connectivity index is 1.86. The first-order chi connectivity index (χ1) is 8.05. The lowest BCUT2D eigenvalue weighted by Crippen LogP contribution is -2.43. The summed E-state index contributed by atoms with van der Waals surface area (Å²) in [6.07, 6.45) is 2.03. The fourth-order valence-corrected chi connectivity index (χ4v) is 2.32. The van der Waals surface area contributed by atoms with Crippen LogP contribution in [0.5, 0.6) is 0 Å². The highest BCUT2D eigenvalue weighted by Gasteiger charge is 2.28. The van der Waals surface area contributed by atoms with Gasteiger partial charge in [0.1, 0.15) is 5.82 Å². The molecule has 17 heavy (non-hydrogen) atoms. The van der Waals surface area contributed by atoms with E-state index in [0.29, 0.717) is 6.04 Å². The number of rotatable bonds is 3. The van der Waals surface area contributed by atoms with E-state index < -0.39 is 0 Å². The molecule has 1 N–H and O–H groups in total. The quantitative estimate of drug-likeness (QED) is 0.872. The molecule has 1 aliphatic rings. The molecular weight excluding hydrogens is 217 g/mol. The summed E-state index contributed by atoms with van der Waals surface area (Å²) in [6.45, 7) is 5.75. The lowest BCUT2D eigenvalue weighted by atomic mass is 9.94. The summed E-state index contributed by atoms with van der Waals surface area (Å²) < 4.78 is 18.7. The van der Waals surface area contributed by atoms with E-state index in [1.807, 2.05) is 6.07 Å². The maximum Gasteiger partial charge on any atom is 0.123 e. The van der Waals surface area contributed by atoms with Crippen LogP contribution < -0.4 is 5.32 Å². The minimum absolute atomic E-state index is 0.0438. The van der Waals surface area contributed by atoms with Gasteiger partial charge in [-0.15, -0.1) is 0 Å². The molecule has 0 bridgehead atoms. The molecule has 0 radical (unpaired) electrons. The summed E-state index contributed by atoms with van der Waals surface area (Å²) in [5.41, 5.74) is 0.951. The summed E-state index contributed by atoms with van der Waals surface area (Å²) in [5.74, 6) is -0.170. The van der Waals surface area contributed by atoms with Crippen LogP contribution in [0.1, 0.15) is 32.3 Å². The zero-order chi connectivity index (χ0) is 12.3. The van der Waals surface area contributed by atoms with Crippen LogP contribution in [0.3, 0.4) is 0 Å². The lowest BCUT2D eigenvalue weighted by molar-refractivity contribution is -0.0630. The standard InChI is InChI=1S/C14H20FNO/c1-14(2)9-13(6-7-17-14)16-10-11-4-3-5-12(15)8-11/h3-5,8,13,16H,6-7,9-10H2,1-2H3. The zero-order valence-corrected chi connectivity index (χ0v) is 10.5. The SMILES string of the molecule is CC1(C)CC(NCc2cccc(F)c2)CCO1. The first-order valence-corrected chi connectivity index (χ1v) is 6.17. The van der Waals surface area contributed by atoms with Gasteiger partial charge in [0.2, 0.25) is 0 Å². The van der Waals surface area contributed by atoms with Crippen LogP contribution in [0.2, 0.25) is 0 Å². The second kappa shape index (κ2) is 5.15. The summed E-state index contributed by atoms with van der Waals surface area (Å²) >= 11 is 0. The number of nitrogens with one attached hydrogen (secondary N) is 1. The number of hydrogen-bond acceptors (Lipinski definition) is 2. The summed E-state index contributed by atoms with van der Waals surface area (Å²) in [5, 5.41) is 3.47. The molecule has 1 fully saturated rings. The largest absolute Gasteiger partial charge is 0.375 e. The molecule has 94 valence electrons. The van der Waals surface area contributed by atoms with Crippen LogP contribution in [0.4, 0.5) is 4.39 Å². The molecule has 2 nitrogen and oxygen atoms in total. The molecule has 0 aromatic heterocycles.